The molecule has 0 saturated carbocycles. The Morgan fingerprint density at radius 1 is 1.20 bits per heavy atom. The summed E-state index contributed by atoms with van der Waals surface area (Å²) in [6.07, 6.45) is -0.931. The number of ether oxygens (including phenoxy) is 3. The third-order valence-corrected chi connectivity index (χ3v) is 4.09. The molecule has 30 heavy (non-hydrogen) atoms. The molecular weight excluding hydrogens is 394 g/mol. The Morgan fingerprint density at radius 2 is 1.93 bits per heavy atom. The summed E-state index contributed by atoms with van der Waals surface area (Å²) in [5.74, 6) is -0.282. The van der Waals surface area contributed by atoms with Gasteiger partial charge < -0.3 is 18.6 Å². The monoisotopic (exact) mass is 413 g/mol. The molecule has 2 aromatic carbocycles. The highest BCUT2D eigenvalue weighted by atomic mass is 16.6. The largest absolute Gasteiger partial charge is 0.493 e. The number of nitrogens with zero attached hydrogens (tertiary/aromatic N) is 3. The van der Waals surface area contributed by atoms with Crippen molar-refractivity contribution in [2.75, 3.05) is 13.7 Å². The summed E-state index contributed by atoms with van der Waals surface area (Å²) in [6.45, 7) is 3.54. The predicted molar refractivity (Wildman–Crippen MR) is 104 cm³/mol. The summed E-state index contributed by atoms with van der Waals surface area (Å²) >= 11 is 0. The maximum Gasteiger partial charge on any atom is 0.346 e. The van der Waals surface area contributed by atoms with E-state index in [0.717, 1.165) is 6.07 Å². The standard InChI is InChI=1S/C20H19N3O7/c1-4-28-17-10-14(15(23(25)26)11-16(17)27-3)20(24)29-12(2)18-21-22-19(30-18)13-8-6-5-7-9-13/h5-12H,4H2,1-3H3/t12-/m0/s1. The first-order chi connectivity index (χ1) is 14.4. The summed E-state index contributed by atoms with van der Waals surface area (Å²) in [5.41, 5.74) is -0.0381. The van der Waals surface area contributed by atoms with Gasteiger partial charge in [-0.1, -0.05) is 18.2 Å². The van der Waals surface area contributed by atoms with Gasteiger partial charge in [-0.05, 0) is 26.0 Å². The lowest BCUT2D eigenvalue weighted by Crippen LogP contribution is -2.12. The van der Waals surface area contributed by atoms with Crippen molar-refractivity contribution < 1.29 is 28.3 Å². The van der Waals surface area contributed by atoms with Crippen molar-refractivity contribution in [3.63, 3.8) is 0 Å². The van der Waals surface area contributed by atoms with Crippen LogP contribution < -0.4 is 9.47 Å². The Morgan fingerprint density at radius 3 is 2.57 bits per heavy atom. The fourth-order valence-electron chi connectivity index (χ4n) is 2.66. The third kappa shape index (κ3) is 4.37. The fraction of sp³-hybridized carbons (Fsp3) is 0.250. The molecule has 0 amide bonds. The number of hydrogen-bond donors (Lipinski definition) is 0. The van der Waals surface area contributed by atoms with E-state index in [1.165, 1.54) is 20.1 Å². The molecule has 0 saturated heterocycles. The molecule has 0 aliphatic rings. The van der Waals surface area contributed by atoms with Crippen molar-refractivity contribution >= 4 is 11.7 Å². The van der Waals surface area contributed by atoms with E-state index in [1.54, 1.807) is 19.1 Å². The number of esters is 1. The molecule has 3 rings (SSSR count). The lowest BCUT2D eigenvalue weighted by molar-refractivity contribution is -0.385. The summed E-state index contributed by atoms with van der Waals surface area (Å²) < 4.78 is 21.4. The molecule has 0 bridgehead atoms. The molecule has 10 heteroatoms. The number of hydrogen-bond acceptors (Lipinski definition) is 9. The topological polar surface area (TPSA) is 127 Å². The minimum absolute atomic E-state index is 0.0587. The first kappa shape index (κ1) is 20.8. The number of benzene rings is 2. The van der Waals surface area contributed by atoms with Crippen LogP contribution in [0.1, 0.15) is 36.2 Å². The van der Waals surface area contributed by atoms with Gasteiger partial charge in [-0.2, -0.15) is 0 Å². The van der Waals surface area contributed by atoms with Crippen LogP contribution in [0.3, 0.4) is 0 Å². The molecule has 0 radical (unpaired) electrons. The second-order valence-corrected chi connectivity index (χ2v) is 6.07. The number of carbonyl (C=O) groups excluding carboxylic acids is 1. The predicted octanol–water partition coefficient (Wildman–Crippen LogP) is 3.97. The Hall–Kier alpha value is -3.95. The Bertz CT molecular complexity index is 1050. The number of aromatic nitrogens is 2. The van der Waals surface area contributed by atoms with Crippen molar-refractivity contribution in [3.05, 3.63) is 64.0 Å². The molecule has 0 fully saturated rings. The van der Waals surface area contributed by atoms with Gasteiger partial charge in [0.1, 0.15) is 5.56 Å². The van der Waals surface area contributed by atoms with E-state index in [1.807, 2.05) is 18.2 Å². The van der Waals surface area contributed by atoms with Crippen LogP contribution in [0.25, 0.3) is 11.5 Å². The Kier molecular flexibility index (Phi) is 6.26. The zero-order chi connectivity index (χ0) is 21.7. The average molecular weight is 413 g/mol. The average Bonchev–Trinajstić information content (AvgIpc) is 3.24. The van der Waals surface area contributed by atoms with E-state index in [9.17, 15) is 14.9 Å². The molecule has 10 nitrogen and oxygen atoms in total. The van der Waals surface area contributed by atoms with Gasteiger partial charge in [0, 0.05) is 11.6 Å². The molecule has 0 aliphatic heterocycles. The SMILES string of the molecule is CCOc1cc(C(=O)O[C@@H](C)c2nnc(-c3ccccc3)o2)c([N+](=O)[O-])cc1OC. The fourth-order valence-corrected chi connectivity index (χ4v) is 2.66. The van der Waals surface area contributed by atoms with Crippen molar-refractivity contribution in [2.45, 2.75) is 20.0 Å². The van der Waals surface area contributed by atoms with Gasteiger partial charge >= 0.3 is 5.97 Å². The second kappa shape index (κ2) is 9.03. The molecule has 3 aromatic rings. The molecule has 1 heterocycles. The zero-order valence-electron chi connectivity index (χ0n) is 16.5. The van der Waals surface area contributed by atoms with E-state index < -0.39 is 22.7 Å². The summed E-state index contributed by atoms with van der Waals surface area (Å²) in [7, 11) is 1.35. The number of nitro groups is 1. The van der Waals surface area contributed by atoms with Gasteiger partial charge in [0.05, 0.1) is 24.7 Å². The van der Waals surface area contributed by atoms with Crippen LogP contribution in [-0.2, 0) is 4.74 Å². The normalized spacial score (nSPS) is 11.6. The summed E-state index contributed by atoms with van der Waals surface area (Å²) in [6, 6.07) is 11.4. The van der Waals surface area contributed by atoms with Crippen molar-refractivity contribution in [2.24, 2.45) is 0 Å². The van der Waals surface area contributed by atoms with E-state index in [0.29, 0.717) is 5.56 Å². The van der Waals surface area contributed by atoms with Gasteiger partial charge in [0.15, 0.2) is 17.6 Å². The third-order valence-electron chi connectivity index (χ3n) is 4.09. The van der Waals surface area contributed by atoms with Crippen molar-refractivity contribution in [3.8, 4) is 23.0 Å². The van der Waals surface area contributed by atoms with Crippen molar-refractivity contribution in [1.82, 2.24) is 10.2 Å². The molecule has 1 aromatic heterocycles. The van der Waals surface area contributed by atoms with Crippen LogP contribution in [0.4, 0.5) is 5.69 Å². The summed E-state index contributed by atoms with van der Waals surface area (Å²) in [5, 5.41) is 19.3. The lowest BCUT2D eigenvalue weighted by Gasteiger charge is -2.13. The zero-order valence-corrected chi connectivity index (χ0v) is 16.5. The maximum absolute atomic E-state index is 12.7. The minimum Gasteiger partial charge on any atom is -0.493 e. The first-order valence-electron chi connectivity index (χ1n) is 9.03. The van der Waals surface area contributed by atoms with Crippen LogP contribution in [0.15, 0.2) is 46.9 Å². The lowest BCUT2D eigenvalue weighted by atomic mass is 10.1. The Balaban J connectivity index is 1.85. The molecule has 0 aliphatic carbocycles. The summed E-state index contributed by atoms with van der Waals surface area (Å²) in [4.78, 5) is 23.4. The second-order valence-electron chi connectivity index (χ2n) is 6.07. The van der Waals surface area contributed by atoms with Gasteiger partial charge in [-0.15, -0.1) is 10.2 Å². The molecular formula is C20H19N3O7. The van der Waals surface area contributed by atoms with E-state index in [-0.39, 0.29) is 35.5 Å². The van der Waals surface area contributed by atoms with Gasteiger partial charge in [0.2, 0.25) is 5.89 Å². The number of carbonyl (C=O) groups is 1. The van der Waals surface area contributed by atoms with E-state index in [4.69, 9.17) is 18.6 Å². The molecule has 1 atom stereocenters. The van der Waals surface area contributed by atoms with Crippen LogP contribution in [0.5, 0.6) is 11.5 Å². The van der Waals surface area contributed by atoms with Gasteiger partial charge in [-0.25, -0.2) is 4.79 Å². The van der Waals surface area contributed by atoms with Crippen molar-refractivity contribution in [1.29, 1.82) is 0 Å². The van der Waals surface area contributed by atoms with E-state index in [2.05, 4.69) is 10.2 Å². The van der Waals surface area contributed by atoms with Crippen LogP contribution in [-0.4, -0.2) is 34.8 Å². The van der Waals surface area contributed by atoms with E-state index >= 15 is 0 Å². The molecule has 156 valence electrons. The smallest absolute Gasteiger partial charge is 0.346 e. The molecule has 0 spiro atoms. The number of rotatable bonds is 8. The van der Waals surface area contributed by atoms with Gasteiger partial charge in [0.25, 0.3) is 11.6 Å². The number of nitro benzene ring substituents is 1. The highest BCUT2D eigenvalue weighted by Crippen LogP contribution is 2.36. The highest BCUT2D eigenvalue weighted by Gasteiger charge is 2.28. The minimum atomic E-state index is -0.933. The highest BCUT2D eigenvalue weighted by molar-refractivity contribution is 5.95. The van der Waals surface area contributed by atoms with Crippen LogP contribution in [0, 0.1) is 10.1 Å². The maximum atomic E-state index is 12.7. The Labute approximate surface area is 171 Å². The number of methoxy groups -OCH3 is 1. The quantitative estimate of drug-likeness (QED) is 0.306. The molecule has 0 unspecified atom stereocenters. The first-order valence-corrected chi connectivity index (χ1v) is 9.03. The van der Waals surface area contributed by atoms with Crippen LogP contribution >= 0.6 is 0 Å². The molecule has 0 N–H and O–H groups in total. The van der Waals surface area contributed by atoms with Gasteiger partial charge in [-0.3, -0.25) is 10.1 Å². The van der Waals surface area contributed by atoms with Crippen LogP contribution in [0.2, 0.25) is 0 Å².